The van der Waals surface area contributed by atoms with Crippen molar-refractivity contribution in [3.8, 4) is 0 Å². The van der Waals surface area contributed by atoms with Crippen molar-refractivity contribution in [2.45, 2.75) is 51.1 Å². The van der Waals surface area contributed by atoms with Gasteiger partial charge in [-0.3, -0.25) is 4.79 Å². The zero-order valence-electron chi connectivity index (χ0n) is 10.5. The number of rotatable bonds is 5. The lowest BCUT2D eigenvalue weighted by molar-refractivity contribution is -0.122. The van der Waals surface area contributed by atoms with Gasteiger partial charge in [0.25, 0.3) is 0 Å². The summed E-state index contributed by atoms with van der Waals surface area (Å²) in [6.45, 7) is 3.33. The molecule has 3 N–H and O–H groups in total. The van der Waals surface area contributed by atoms with Gasteiger partial charge in [-0.1, -0.05) is 19.3 Å². The maximum atomic E-state index is 11.2. The molecule has 1 aliphatic carbocycles. The van der Waals surface area contributed by atoms with Crippen LogP contribution in [0.15, 0.2) is 0 Å². The number of nitrogens with one attached hydrogen (secondary N) is 1. The number of carbonyl (C=O) groups is 1. The van der Waals surface area contributed by atoms with Gasteiger partial charge in [0.2, 0.25) is 5.91 Å². The van der Waals surface area contributed by atoms with Gasteiger partial charge in [-0.15, -0.1) is 0 Å². The molecular formula is C12H25N3O. The van der Waals surface area contributed by atoms with Crippen LogP contribution in [0.1, 0.15) is 39.0 Å². The number of carbonyl (C=O) groups excluding carboxylic acids is 1. The first-order valence-corrected chi connectivity index (χ1v) is 6.35. The van der Waals surface area contributed by atoms with E-state index in [1.54, 1.807) is 6.92 Å². The van der Waals surface area contributed by atoms with Gasteiger partial charge >= 0.3 is 0 Å². The lowest BCUT2D eigenvalue weighted by Crippen LogP contribution is -2.43. The highest BCUT2D eigenvalue weighted by atomic mass is 16.2. The second kappa shape index (κ2) is 6.86. The summed E-state index contributed by atoms with van der Waals surface area (Å²) >= 11 is 0. The fraction of sp³-hybridized carbons (Fsp3) is 0.917. The van der Waals surface area contributed by atoms with Gasteiger partial charge in [0, 0.05) is 19.1 Å². The lowest BCUT2D eigenvalue weighted by atomic mass is 9.94. The number of hydrogen-bond donors (Lipinski definition) is 2. The van der Waals surface area contributed by atoms with Crippen LogP contribution in [-0.2, 0) is 4.79 Å². The molecule has 1 amide bonds. The summed E-state index contributed by atoms with van der Waals surface area (Å²) in [5, 5.41) is 2.85. The van der Waals surface area contributed by atoms with Crippen LogP contribution >= 0.6 is 0 Å². The maximum absolute atomic E-state index is 11.2. The summed E-state index contributed by atoms with van der Waals surface area (Å²) in [6, 6.07) is 0.306. The van der Waals surface area contributed by atoms with E-state index in [-0.39, 0.29) is 5.91 Å². The van der Waals surface area contributed by atoms with E-state index in [2.05, 4.69) is 17.3 Å². The van der Waals surface area contributed by atoms with Gasteiger partial charge < -0.3 is 16.0 Å². The van der Waals surface area contributed by atoms with Crippen LogP contribution in [0, 0.1) is 0 Å². The molecule has 4 nitrogen and oxygen atoms in total. The summed E-state index contributed by atoms with van der Waals surface area (Å²) in [5.74, 6) is -0.0583. The van der Waals surface area contributed by atoms with Gasteiger partial charge in [0.1, 0.15) is 0 Å². The fourth-order valence-corrected chi connectivity index (χ4v) is 2.22. The SMILES string of the molecule is C[C@@H](N)C(=O)NCCN(C)C1CCCCC1. The zero-order chi connectivity index (χ0) is 12.0. The zero-order valence-corrected chi connectivity index (χ0v) is 10.5. The van der Waals surface area contributed by atoms with E-state index in [1.807, 2.05) is 0 Å². The number of likely N-dealkylation sites (N-methyl/N-ethyl adjacent to an activating group) is 1. The van der Waals surface area contributed by atoms with E-state index in [9.17, 15) is 4.79 Å². The smallest absolute Gasteiger partial charge is 0.236 e. The molecule has 0 heterocycles. The monoisotopic (exact) mass is 227 g/mol. The molecule has 1 aliphatic rings. The van der Waals surface area contributed by atoms with Crippen molar-refractivity contribution >= 4 is 5.91 Å². The molecule has 0 aromatic heterocycles. The molecular weight excluding hydrogens is 202 g/mol. The molecule has 0 aliphatic heterocycles. The van der Waals surface area contributed by atoms with E-state index >= 15 is 0 Å². The van der Waals surface area contributed by atoms with Gasteiger partial charge in [0.15, 0.2) is 0 Å². The maximum Gasteiger partial charge on any atom is 0.236 e. The minimum absolute atomic E-state index is 0.0583. The average molecular weight is 227 g/mol. The molecule has 0 aromatic carbocycles. The quantitative estimate of drug-likeness (QED) is 0.727. The summed E-state index contributed by atoms with van der Waals surface area (Å²) in [4.78, 5) is 13.6. The van der Waals surface area contributed by atoms with Gasteiger partial charge in [-0.2, -0.15) is 0 Å². The normalized spacial score (nSPS) is 19.8. The third-order valence-corrected chi connectivity index (χ3v) is 3.38. The molecule has 4 heteroatoms. The minimum Gasteiger partial charge on any atom is -0.353 e. The van der Waals surface area contributed by atoms with Crippen LogP contribution in [0.4, 0.5) is 0 Å². The summed E-state index contributed by atoms with van der Waals surface area (Å²) in [7, 11) is 2.15. The van der Waals surface area contributed by atoms with Crippen LogP contribution in [0.25, 0.3) is 0 Å². The first-order chi connectivity index (χ1) is 7.61. The van der Waals surface area contributed by atoms with Crippen molar-refractivity contribution in [1.29, 1.82) is 0 Å². The second-order valence-corrected chi connectivity index (χ2v) is 4.85. The molecule has 0 unspecified atom stereocenters. The summed E-state index contributed by atoms with van der Waals surface area (Å²) < 4.78 is 0. The topological polar surface area (TPSA) is 58.4 Å². The number of amides is 1. The largest absolute Gasteiger partial charge is 0.353 e. The Kier molecular flexibility index (Phi) is 5.77. The van der Waals surface area contributed by atoms with Crippen LogP contribution in [0.3, 0.4) is 0 Å². The molecule has 0 bridgehead atoms. The molecule has 1 saturated carbocycles. The molecule has 0 spiro atoms. The molecule has 1 rings (SSSR count). The van der Waals surface area contributed by atoms with Crippen LogP contribution in [0.5, 0.6) is 0 Å². The van der Waals surface area contributed by atoms with Crippen molar-refractivity contribution in [2.75, 3.05) is 20.1 Å². The van der Waals surface area contributed by atoms with Crippen molar-refractivity contribution in [3.63, 3.8) is 0 Å². The predicted molar refractivity (Wildman–Crippen MR) is 66.2 cm³/mol. The average Bonchev–Trinajstić information content (AvgIpc) is 2.29. The van der Waals surface area contributed by atoms with E-state index in [0.717, 1.165) is 6.54 Å². The third kappa shape index (κ3) is 4.49. The van der Waals surface area contributed by atoms with Crippen molar-refractivity contribution in [3.05, 3.63) is 0 Å². The van der Waals surface area contributed by atoms with E-state index < -0.39 is 6.04 Å². The molecule has 16 heavy (non-hydrogen) atoms. The number of nitrogens with zero attached hydrogens (tertiary/aromatic N) is 1. The highest BCUT2D eigenvalue weighted by molar-refractivity contribution is 5.80. The standard InChI is InChI=1S/C12H25N3O/c1-10(13)12(16)14-8-9-15(2)11-6-4-3-5-7-11/h10-11H,3-9,13H2,1-2H3,(H,14,16)/t10-/m1/s1. The number of hydrogen-bond acceptors (Lipinski definition) is 3. The molecule has 0 radical (unpaired) electrons. The van der Waals surface area contributed by atoms with Crippen LogP contribution < -0.4 is 11.1 Å². The Morgan fingerprint density at radius 1 is 1.44 bits per heavy atom. The third-order valence-electron chi connectivity index (χ3n) is 3.38. The van der Waals surface area contributed by atoms with Gasteiger partial charge in [-0.25, -0.2) is 0 Å². The summed E-state index contributed by atoms with van der Waals surface area (Å²) in [6.07, 6.45) is 6.68. The Labute approximate surface area is 98.6 Å². The highest BCUT2D eigenvalue weighted by Gasteiger charge is 2.17. The first kappa shape index (κ1) is 13.5. The van der Waals surface area contributed by atoms with E-state index in [1.165, 1.54) is 32.1 Å². The lowest BCUT2D eigenvalue weighted by Gasteiger charge is -2.31. The van der Waals surface area contributed by atoms with Crippen LogP contribution in [-0.4, -0.2) is 43.0 Å². The van der Waals surface area contributed by atoms with Crippen molar-refractivity contribution in [2.24, 2.45) is 5.73 Å². The number of nitrogens with two attached hydrogens (primary N) is 1. The Balaban J connectivity index is 2.14. The van der Waals surface area contributed by atoms with Crippen molar-refractivity contribution < 1.29 is 4.79 Å². The van der Waals surface area contributed by atoms with Gasteiger partial charge in [-0.05, 0) is 26.8 Å². The van der Waals surface area contributed by atoms with E-state index in [0.29, 0.717) is 12.6 Å². The molecule has 0 aromatic rings. The highest BCUT2D eigenvalue weighted by Crippen LogP contribution is 2.21. The van der Waals surface area contributed by atoms with E-state index in [4.69, 9.17) is 5.73 Å². The molecule has 0 saturated heterocycles. The van der Waals surface area contributed by atoms with Crippen LogP contribution in [0.2, 0.25) is 0 Å². The predicted octanol–water partition coefficient (Wildman–Crippen LogP) is 0.714. The Morgan fingerprint density at radius 3 is 2.62 bits per heavy atom. The Hall–Kier alpha value is -0.610. The Bertz CT molecular complexity index is 212. The van der Waals surface area contributed by atoms with Gasteiger partial charge in [0.05, 0.1) is 6.04 Å². The minimum atomic E-state index is -0.403. The molecule has 94 valence electrons. The first-order valence-electron chi connectivity index (χ1n) is 6.35. The molecule has 1 atom stereocenters. The molecule has 1 fully saturated rings. The summed E-state index contributed by atoms with van der Waals surface area (Å²) in [5.41, 5.74) is 5.47. The Morgan fingerprint density at radius 2 is 2.06 bits per heavy atom. The second-order valence-electron chi connectivity index (χ2n) is 4.85. The van der Waals surface area contributed by atoms with Crippen molar-refractivity contribution in [1.82, 2.24) is 10.2 Å². The fourth-order valence-electron chi connectivity index (χ4n) is 2.22.